The second-order valence-corrected chi connectivity index (χ2v) is 7.15. The minimum atomic E-state index is -0.877. The predicted molar refractivity (Wildman–Crippen MR) is 117 cm³/mol. The average molecular weight is 401 g/mol. The average Bonchev–Trinajstić information content (AvgIpc) is 3.17. The molecule has 0 unspecified atom stereocenters. The van der Waals surface area contributed by atoms with Crippen molar-refractivity contribution in [1.29, 1.82) is 0 Å². The molecule has 5 nitrogen and oxygen atoms in total. The Hall–Kier alpha value is -3.57. The molecule has 4 rings (SSSR count). The third-order valence-corrected chi connectivity index (χ3v) is 5.09. The van der Waals surface area contributed by atoms with Crippen molar-refractivity contribution in [2.45, 2.75) is 19.4 Å². The summed E-state index contributed by atoms with van der Waals surface area (Å²) in [4.78, 5) is 11.0. The van der Waals surface area contributed by atoms with Gasteiger partial charge in [-0.25, -0.2) is 0 Å². The molecule has 0 atom stereocenters. The highest BCUT2D eigenvalue weighted by molar-refractivity contribution is 5.86. The first-order chi connectivity index (χ1) is 14.6. The van der Waals surface area contributed by atoms with Crippen molar-refractivity contribution in [3.05, 3.63) is 89.7 Å². The predicted octanol–water partition coefficient (Wildman–Crippen LogP) is 4.81. The number of para-hydroxylation sites is 1. The molecule has 0 saturated heterocycles. The van der Waals surface area contributed by atoms with E-state index in [9.17, 15) is 4.79 Å². The summed E-state index contributed by atoms with van der Waals surface area (Å²) in [7, 11) is 0. The van der Waals surface area contributed by atoms with Gasteiger partial charge in [-0.05, 0) is 41.0 Å². The van der Waals surface area contributed by atoms with Gasteiger partial charge in [0.2, 0.25) is 0 Å². The van der Waals surface area contributed by atoms with Gasteiger partial charge in [-0.3, -0.25) is 4.79 Å². The Morgan fingerprint density at radius 3 is 2.63 bits per heavy atom. The summed E-state index contributed by atoms with van der Waals surface area (Å²) < 4.78 is 11.6. The van der Waals surface area contributed by atoms with Gasteiger partial charge in [-0.15, -0.1) is 0 Å². The molecule has 4 aromatic rings. The fourth-order valence-electron chi connectivity index (χ4n) is 3.56. The van der Waals surface area contributed by atoms with Crippen molar-refractivity contribution < 1.29 is 19.1 Å². The van der Waals surface area contributed by atoms with Crippen LogP contribution in [0, 0.1) is 0 Å². The Morgan fingerprint density at radius 2 is 1.80 bits per heavy atom. The van der Waals surface area contributed by atoms with E-state index >= 15 is 0 Å². The Bertz CT molecular complexity index is 1180. The van der Waals surface area contributed by atoms with E-state index in [2.05, 4.69) is 18.2 Å². The third-order valence-electron chi connectivity index (χ3n) is 5.09. The number of hydrogen-bond donors (Lipinski definition) is 2. The number of carboxylic acids is 1. The van der Waals surface area contributed by atoms with Gasteiger partial charge in [-0.2, -0.15) is 0 Å². The van der Waals surface area contributed by atoms with Gasteiger partial charge < -0.3 is 20.0 Å². The summed E-state index contributed by atoms with van der Waals surface area (Å²) in [5.41, 5.74) is 11.6. The molecule has 0 fully saturated rings. The molecule has 5 heteroatoms. The molecule has 0 aliphatic heterocycles. The summed E-state index contributed by atoms with van der Waals surface area (Å²) >= 11 is 0. The molecule has 0 saturated carbocycles. The lowest BCUT2D eigenvalue weighted by Gasteiger charge is -2.10. The summed E-state index contributed by atoms with van der Waals surface area (Å²) in [5, 5.41) is 10.1. The molecular formula is C25H23NO4. The Balaban J connectivity index is 1.52. The van der Waals surface area contributed by atoms with E-state index in [0.29, 0.717) is 30.9 Å². The van der Waals surface area contributed by atoms with Crippen molar-refractivity contribution in [3.63, 3.8) is 0 Å². The van der Waals surface area contributed by atoms with Crippen molar-refractivity contribution >= 4 is 16.9 Å². The topological polar surface area (TPSA) is 85.7 Å². The first kappa shape index (κ1) is 19.7. The molecular weight excluding hydrogens is 378 g/mol. The zero-order valence-corrected chi connectivity index (χ0v) is 16.5. The number of fused-ring (bicyclic) bond motifs is 1. The van der Waals surface area contributed by atoms with E-state index in [0.717, 1.165) is 33.2 Å². The van der Waals surface area contributed by atoms with E-state index < -0.39 is 5.97 Å². The second kappa shape index (κ2) is 8.84. The van der Waals surface area contributed by atoms with Crippen LogP contribution in [0.2, 0.25) is 0 Å². The fourth-order valence-corrected chi connectivity index (χ4v) is 3.56. The number of nitrogens with two attached hydrogens (primary N) is 1. The molecule has 0 amide bonds. The van der Waals surface area contributed by atoms with Crippen LogP contribution >= 0.6 is 0 Å². The number of carboxylic acid groups (broad SMARTS) is 1. The summed E-state index contributed by atoms with van der Waals surface area (Å²) in [5.74, 6) is -0.273. The number of ether oxygens (including phenoxy) is 1. The number of benzene rings is 3. The quantitative estimate of drug-likeness (QED) is 0.443. The Labute approximate surface area is 174 Å². The maximum absolute atomic E-state index is 11.0. The number of hydrogen-bond acceptors (Lipinski definition) is 4. The normalized spacial score (nSPS) is 11.0. The summed E-state index contributed by atoms with van der Waals surface area (Å²) in [6.45, 7) is 0.936. The monoisotopic (exact) mass is 401 g/mol. The number of furan rings is 1. The van der Waals surface area contributed by atoms with Gasteiger partial charge >= 0.3 is 5.97 Å². The van der Waals surface area contributed by atoms with Crippen molar-refractivity contribution in [1.82, 2.24) is 0 Å². The zero-order valence-electron chi connectivity index (χ0n) is 16.5. The van der Waals surface area contributed by atoms with Crippen LogP contribution in [0.15, 0.2) is 77.4 Å². The molecule has 1 heterocycles. The molecule has 1 aromatic heterocycles. The first-order valence-corrected chi connectivity index (χ1v) is 9.86. The molecule has 0 aliphatic carbocycles. The second-order valence-electron chi connectivity index (χ2n) is 7.15. The number of rotatable bonds is 8. The smallest absolute Gasteiger partial charge is 0.307 e. The van der Waals surface area contributed by atoms with Crippen LogP contribution in [0.25, 0.3) is 22.1 Å². The van der Waals surface area contributed by atoms with E-state index in [4.69, 9.17) is 20.0 Å². The minimum absolute atomic E-state index is 0.0595. The molecule has 30 heavy (non-hydrogen) atoms. The van der Waals surface area contributed by atoms with Crippen LogP contribution in [-0.2, 0) is 24.2 Å². The molecule has 0 spiro atoms. The van der Waals surface area contributed by atoms with Crippen molar-refractivity contribution in [2.75, 3.05) is 6.61 Å². The van der Waals surface area contributed by atoms with Crippen LogP contribution in [-0.4, -0.2) is 17.7 Å². The lowest BCUT2D eigenvalue weighted by atomic mass is 10.0. The molecule has 0 aliphatic rings. The highest BCUT2D eigenvalue weighted by atomic mass is 16.5. The largest absolute Gasteiger partial charge is 0.493 e. The summed E-state index contributed by atoms with van der Waals surface area (Å²) in [6, 6.07) is 21.6. The van der Waals surface area contributed by atoms with Gasteiger partial charge in [0, 0.05) is 29.5 Å². The Kier molecular flexibility index (Phi) is 5.82. The maximum Gasteiger partial charge on any atom is 0.307 e. The lowest BCUT2D eigenvalue weighted by Crippen LogP contribution is -2.06. The zero-order chi connectivity index (χ0) is 20.9. The van der Waals surface area contributed by atoms with E-state index in [1.54, 1.807) is 18.4 Å². The molecule has 3 N–H and O–H groups in total. The van der Waals surface area contributed by atoms with Gasteiger partial charge in [0.25, 0.3) is 0 Å². The van der Waals surface area contributed by atoms with Gasteiger partial charge in [0.1, 0.15) is 11.3 Å². The van der Waals surface area contributed by atoms with Crippen LogP contribution in [0.4, 0.5) is 0 Å². The SMILES string of the molecule is NCc1cccc(-c2ccc3occ(CCOc4ccccc4CC(=O)O)c3c2)c1. The first-order valence-electron chi connectivity index (χ1n) is 9.86. The van der Waals surface area contributed by atoms with Gasteiger partial charge in [-0.1, -0.05) is 42.5 Å². The molecule has 152 valence electrons. The molecule has 3 aromatic carbocycles. The van der Waals surface area contributed by atoms with Crippen LogP contribution < -0.4 is 10.5 Å². The van der Waals surface area contributed by atoms with E-state index in [1.807, 2.05) is 36.4 Å². The van der Waals surface area contributed by atoms with Crippen molar-refractivity contribution in [2.24, 2.45) is 5.73 Å². The van der Waals surface area contributed by atoms with Gasteiger partial charge in [0.05, 0.1) is 19.3 Å². The van der Waals surface area contributed by atoms with Gasteiger partial charge in [0.15, 0.2) is 0 Å². The van der Waals surface area contributed by atoms with Crippen LogP contribution in [0.1, 0.15) is 16.7 Å². The fraction of sp³-hybridized carbons (Fsp3) is 0.160. The lowest BCUT2D eigenvalue weighted by molar-refractivity contribution is -0.136. The summed E-state index contributed by atoms with van der Waals surface area (Å²) in [6.07, 6.45) is 2.36. The number of carbonyl (C=O) groups is 1. The standard InChI is InChI=1S/C25H23NO4/c26-15-17-4-3-6-18(12-17)19-8-9-24-22(13-19)21(16-30-24)10-11-29-23-7-2-1-5-20(23)14-25(27)28/h1-9,12-13,16H,10-11,14-15,26H2,(H,27,28). The highest BCUT2D eigenvalue weighted by Gasteiger charge is 2.11. The van der Waals surface area contributed by atoms with E-state index in [1.165, 1.54) is 0 Å². The maximum atomic E-state index is 11.0. The third kappa shape index (κ3) is 4.36. The van der Waals surface area contributed by atoms with E-state index in [-0.39, 0.29) is 6.42 Å². The highest BCUT2D eigenvalue weighted by Crippen LogP contribution is 2.29. The minimum Gasteiger partial charge on any atom is -0.493 e. The number of aliphatic carboxylic acids is 1. The molecule has 0 radical (unpaired) electrons. The van der Waals surface area contributed by atoms with Crippen molar-refractivity contribution in [3.8, 4) is 16.9 Å². The molecule has 0 bridgehead atoms. The van der Waals surface area contributed by atoms with Crippen LogP contribution in [0.3, 0.4) is 0 Å². The Morgan fingerprint density at radius 1 is 0.967 bits per heavy atom. The van der Waals surface area contributed by atoms with Crippen LogP contribution in [0.5, 0.6) is 5.75 Å².